The van der Waals surface area contributed by atoms with E-state index in [4.69, 9.17) is 11.6 Å². The number of thioether (sulfide) groups is 1. The third-order valence-electron chi connectivity index (χ3n) is 5.14. The lowest BCUT2D eigenvalue weighted by Gasteiger charge is -2.17. The number of halogens is 1. The van der Waals surface area contributed by atoms with E-state index in [1.54, 1.807) is 6.07 Å². The Morgan fingerprint density at radius 2 is 1.97 bits per heavy atom. The smallest absolute Gasteiger partial charge is 0.271 e. The molecule has 0 spiro atoms. The van der Waals surface area contributed by atoms with Crippen molar-refractivity contribution in [1.29, 1.82) is 0 Å². The Labute approximate surface area is 188 Å². The van der Waals surface area contributed by atoms with Crippen molar-refractivity contribution in [2.45, 2.75) is 36.9 Å². The van der Waals surface area contributed by atoms with Crippen molar-refractivity contribution in [2.75, 3.05) is 11.1 Å². The number of aromatic nitrogens is 3. The quantitative estimate of drug-likeness (QED) is 0.291. The maximum absolute atomic E-state index is 12.5. The van der Waals surface area contributed by atoms with Crippen LogP contribution in [0.3, 0.4) is 0 Å². The van der Waals surface area contributed by atoms with Crippen LogP contribution in [0.2, 0.25) is 5.02 Å². The van der Waals surface area contributed by atoms with Crippen LogP contribution in [0.4, 0.5) is 11.4 Å². The Kier molecular flexibility index (Phi) is 6.53. The van der Waals surface area contributed by atoms with Gasteiger partial charge in [0.1, 0.15) is 0 Å². The Bertz CT molecular complexity index is 1110. The Morgan fingerprint density at radius 3 is 2.71 bits per heavy atom. The van der Waals surface area contributed by atoms with Gasteiger partial charge in [-0.2, -0.15) is 0 Å². The summed E-state index contributed by atoms with van der Waals surface area (Å²) in [4.78, 5) is 22.9. The second-order valence-electron chi connectivity index (χ2n) is 7.24. The summed E-state index contributed by atoms with van der Waals surface area (Å²) in [7, 11) is 0. The van der Waals surface area contributed by atoms with Gasteiger partial charge in [-0.3, -0.25) is 19.5 Å². The van der Waals surface area contributed by atoms with Crippen LogP contribution in [0, 0.1) is 10.1 Å². The molecule has 0 bridgehead atoms. The summed E-state index contributed by atoms with van der Waals surface area (Å²) in [6, 6.07) is 13.7. The van der Waals surface area contributed by atoms with Crippen LogP contribution < -0.4 is 5.32 Å². The molecule has 1 aromatic heterocycles. The van der Waals surface area contributed by atoms with Crippen molar-refractivity contribution in [3.8, 4) is 11.4 Å². The van der Waals surface area contributed by atoms with Crippen molar-refractivity contribution in [2.24, 2.45) is 0 Å². The predicted octanol–water partition coefficient (Wildman–Crippen LogP) is 5.35. The molecule has 1 amide bonds. The second-order valence-corrected chi connectivity index (χ2v) is 8.59. The second kappa shape index (κ2) is 9.49. The van der Waals surface area contributed by atoms with Crippen LogP contribution in [0.1, 0.15) is 31.7 Å². The maximum Gasteiger partial charge on any atom is 0.271 e. The Balaban J connectivity index is 1.52. The van der Waals surface area contributed by atoms with Crippen molar-refractivity contribution in [3.05, 3.63) is 63.7 Å². The van der Waals surface area contributed by atoms with Gasteiger partial charge in [-0.1, -0.05) is 54.4 Å². The molecule has 4 rings (SSSR count). The van der Waals surface area contributed by atoms with Crippen LogP contribution in [-0.2, 0) is 4.79 Å². The first-order valence-corrected chi connectivity index (χ1v) is 11.3. The van der Waals surface area contributed by atoms with Crippen molar-refractivity contribution in [1.82, 2.24) is 14.8 Å². The van der Waals surface area contributed by atoms with Gasteiger partial charge in [-0.25, -0.2) is 0 Å². The Morgan fingerprint density at radius 1 is 1.19 bits per heavy atom. The molecule has 0 radical (unpaired) electrons. The third kappa shape index (κ3) is 4.88. The summed E-state index contributed by atoms with van der Waals surface area (Å²) in [5.74, 6) is 0.542. The lowest BCUT2D eigenvalue weighted by molar-refractivity contribution is -0.384. The van der Waals surface area contributed by atoms with E-state index < -0.39 is 4.92 Å². The number of nitrogens with one attached hydrogen (secondary N) is 1. The molecule has 31 heavy (non-hydrogen) atoms. The number of carbonyl (C=O) groups is 1. The van der Waals surface area contributed by atoms with E-state index in [1.165, 1.54) is 30.0 Å². The van der Waals surface area contributed by atoms with Gasteiger partial charge in [0.2, 0.25) is 5.91 Å². The summed E-state index contributed by atoms with van der Waals surface area (Å²) in [5, 5.41) is 23.6. The van der Waals surface area contributed by atoms with Gasteiger partial charge in [0, 0.05) is 29.4 Å². The summed E-state index contributed by atoms with van der Waals surface area (Å²) in [6.07, 6.45) is 4.34. The number of amides is 1. The van der Waals surface area contributed by atoms with Gasteiger partial charge < -0.3 is 5.32 Å². The molecular weight excluding hydrogens is 438 g/mol. The van der Waals surface area contributed by atoms with E-state index in [1.807, 2.05) is 24.3 Å². The van der Waals surface area contributed by atoms with Gasteiger partial charge >= 0.3 is 0 Å². The fourth-order valence-electron chi connectivity index (χ4n) is 3.72. The topological polar surface area (TPSA) is 103 Å². The number of anilines is 1. The molecule has 1 aliphatic rings. The molecular formula is C21H20ClN5O3S. The molecule has 3 aromatic rings. The third-order valence-corrected chi connectivity index (χ3v) is 6.41. The highest BCUT2D eigenvalue weighted by atomic mass is 35.5. The highest BCUT2D eigenvalue weighted by Gasteiger charge is 2.26. The number of hydrogen-bond donors (Lipinski definition) is 1. The summed E-state index contributed by atoms with van der Waals surface area (Å²) < 4.78 is 2.10. The number of carbonyl (C=O) groups excluding carboxylic acids is 1. The molecule has 1 heterocycles. The molecule has 0 unspecified atom stereocenters. The van der Waals surface area contributed by atoms with Gasteiger partial charge in [0.05, 0.1) is 15.7 Å². The van der Waals surface area contributed by atoms with Crippen molar-refractivity contribution < 1.29 is 9.72 Å². The molecule has 2 aromatic carbocycles. The van der Waals surface area contributed by atoms with E-state index in [0.29, 0.717) is 21.7 Å². The average Bonchev–Trinajstić information content (AvgIpc) is 3.42. The van der Waals surface area contributed by atoms with Crippen molar-refractivity contribution in [3.63, 3.8) is 0 Å². The minimum absolute atomic E-state index is 0.0733. The highest BCUT2D eigenvalue weighted by molar-refractivity contribution is 7.99. The first kappa shape index (κ1) is 21.3. The van der Waals surface area contributed by atoms with Crippen LogP contribution >= 0.6 is 23.4 Å². The van der Waals surface area contributed by atoms with E-state index >= 15 is 0 Å². The monoisotopic (exact) mass is 457 g/mol. The molecule has 160 valence electrons. The summed E-state index contributed by atoms with van der Waals surface area (Å²) in [6.45, 7) is 0. The predicted molar refractivity (Wildman–Crippen MR) is 120 cm³/mol. The van der Waals surface area contributed by atoms with E-state index in [-0.39, 0.29) is 23.4 Å². The molecule has 1 N–H and O–H groups in total. The zero-order valence-corrected chi connectivity index (χ0v) is 18.1. The largest absolute Gasteiger partial charge is 0.325 e. The summed E-state index contributed by atoms with van der Waals surface area (Å²) in [5.41, 5.74) is 1.13. The summed E-state index contributed by atoms with van der Waals surface area (Å²) >= 11 is 7.69. The molecule has 1 aliphatic carbocycles. The number of non-ortho nitro benzene ring substituents is 1. The van der Waals surface area contributed by atoms with Crippen LogP contribution in [-0.4, -0.2) is 31.3 Å². The van der Waals surface area contributed by atoms with E-state index in [9.17, 15) is 14.9 Å². The molecule has 10 heteroatoms. The van der Waals surface area contributed by atoms with Gasteiger partial charge in [0.25, 0.3) is 5.69 Å². The molecule has 8 nitrogen and oxygen atoms in total. The number of benzene rings is 2. The van der Waals surface area contributed by atoms with Crippen LogP contribution in [0.5, 0.6) is 0 Å². The zero-order chi connectivity index (χ0) is 21.8. The van der Waals surface area contributed by atoms with E-state index in [0.717, 1.165) is 31.2 Å². The average molecular weight is 458 g/mol. The number of rotatable bonds is 7. The van der Waals surface area contributed by atoms with Gasteiger partial charge in [0.15, 0.2) is 11.0 Å². The van der Waals surface area contributed by atoms with Gasteiger partial charge in [-0.05, 0) is 31.0 Å². The number of hydrogen-bond acceptors (Lipinski definition) is 6. The minimum atomic E-state index is -0.495. The van der Waals surface area contributed by atoms with E-state index in [2.05, 4.69) is 20.1 Å². The lowest BCUT2D eigenvalue weighted by atomic mass is 10.2. The Hall–Kier alpha value is -2.91. The number of nitro groups is 1. The normalized spacial score (nSPS) is 14.0. The molecule has 0 saturated heterocycles. The van der Waals surface area contributed by atoms with Crippen molar-refractivity contribution >= 4 is 40.6 Å². The first-order chi connectivity index (χ1) is 15.0. The van der Waals surface area contributed by atoms with Crippen LogP contribution in [0.15, 0.2) is 53.7 Å². The molecule has 0 atom stereocenters. The SMILES string of the molecule is O=C(CSc1nnc(-c2ccccc2Cl)n1C1CCCC1)Nc1cccc([N+](=O)[O-])c1. The maximum atomic E-state index is 12.5. The van der Waals surface area contributed by atoms with Crippen LogP contribution in [0.25, 0.3) is 11.4 Å². The lowest BCUT2D eigenvalue weighted by Crippen LogP contribution is -2.15. The highest BCUT2D eigenvalue weighted by Crippen LogP contribution is 2.38. The molecule has 1 fully saturated rings. The first-order valence-electron chi connectivity index (χ1n) is 9.90. The number of nitro benzene ring substituents is 1. The van der Waals surface area contributed by atoms with Gasteiger partial charge in [-0.15, -0.1) is 10.2 Å². The standard InChI is InChI=1S/C21H20ClN5O3S/c22-18-11-4-3-10-17(18)20-24-25-21(26(20)15-7-1-2-8-15)31-13-19(28)23-14-6-5-9-16(12-14)27(29)30/h3-6,9-12,15H,1-2,7-8,13H2,(H,23,28). The fourth-order valence-corrected chi connectivity index (χ4v) is 4.74. The zero-order valence-electron chi connectivity index (χ0n) is 16.5. The molecule has 0 aliphatic heterocycles. The fraction of sp³-hybridized carbons (Fsp3) is 0.286. The minimum Gasteiger partial charge on any atom is -0.325 e. The molecule has 1 saturated carbocycles. The number of nitrogens with zero attached hydrogens (tertiary/aromatic N) is 4.